The molecular formula is C15H10BrF3N2O2. The summed E-state index contributed by atoms with van der Waals surface area (Å²) in [6.07, 6.45) is -1.29. The monoisotopic (exact) mass is 386 g/mol. The summed E-state index contributed by atoms with van der Waals surface area (Å²) in [5, 5.41) is 2.66. The Kier molecular flexibility index (Phi) is 3.87. The second-order valence-electron chi connectivity index (χ2n) is 5.25. The summed E-state index contributed by atoms with van der Waals surface area (Å²) in [5.74, 6) is 0. The lowest BCUT2D eigenvalue weighted by Gasteiger charge is -2.16. The molecule has 1 aromatic heterocycles. The normalized spacial score (nSPS) is 13.9. The molecule has 120 valence electrons. The van der Waals surface area contributed by atoms with E-state index in [9.17, 15) is 22.9 Å². The van der Waals surface area contributed by atoms with E-state index < -0.39 is 23.0 Å². The minimum Gasteiger partial charge on any atom is -0.282 e. The summed E-state index contributed by atoms with van der Waals surface area (Å²) < 4.78 is 41.2. The van der Waals surface area contributed by atoms with Crippen LogP contribution in [0.1, 0.15) is 23.1 Å². The van der Waals surface area contributed by atoms with Crippen molar-refractivity contribution >= 4 is 21.6 Å². The summed E-state index contributed by atoms with van der Waals surface area (Å²) in [5.41, 5.74) is -0.695. The van der Waals surface area contributed by atoms with Crippen molar-refractivity contribution in [1.29, 1.82) is 0 Å². The highest BCUT2D eigenvalue weighted by atomic mass is 79.9. The largest absolute Gasteiger partial charge is 0.418 e. The number of fused-ring (bicyclic) bond motifs is 1. The maximum absolute atomic E-state index is 13.2. The minimum absolute atomic E-state index is 0.170. The number of nitroso groups, excluding NO2 is 1. The Bertz CT molecular complexity index is 859. The fourth-order valence-electron chi connectivity index (χ4n) is 2.83. The van der Waals surface area contributed by atoms with Crippen molar-refractivity contribution in [2.24, 2.45) is 5.18 Å². The lowest BCUT2D eigenvalue weighted by atomic mass is 10.1. The van der Waals surface area contributed by atoms with E-state index in [1.165, 1.54) is 6.20 Å². The summed E-state index contributed by atoms with van der Waals surface area (Å²) >= 11 is 3.31. The van der Waals surface area contributed by atoms with Crippen LogP contribution in [0.3, 0.4) is 0 Å². The maximum Gasteiger partial charge on any atom is 0.418 e. The number of aromatic nitrogens is 1. The van der Waals surface area contributed by atoms with E-state index in [0.717, 1.165) is 34.8 Å². The molecule has 4 nitrogen and oxygen atoms in total. The van der Waals surface area contributed by atoms with Gasteiger partial charge < -0.3 is 0 Å². The second kappa shape index (κ2) is 5.59. The molecule has 0 aliphatic heterocycles. The Labute approximate surface area is 137 Å². The summed E-state index contributed by atoms with van der Waals surface area (Å²) in [7, 11) is 0. The summed E-state index contributed by atoms with van der Waals surface area (Å²) in [4.78, 5) is 23.2. The van der Waals surface area contributed by atoms with Crippen molar-refractivity contribution in [3.05, 3.63) is 60.8 Å². The molecule has 0 saturated carbocycles. The molecule has 1 heterocycles. The zero-order valence-electron chi connectivity index (χ0n) is 11.7. The van der Waals surface area contributed by atoms with E-state index in [1.54, 1.807) is 0 Å². The van der Waals surface area contributed by atoms with E-state index in [1.807, 2.05) is 0 Å². The molecule has 0 radical (unpaired) electrons. The number of nitrogens with zero attached hydrogens (tertiary/aromatic N) is 2. The molecule has 2 aromatic rings. The molecule has 23 heavy (non-hydrogen) atoms. The SMILES string of the molecule is O=Nc1ccc(C(F)(F)F)c(-n2cc(Br)c3c(c2=O)CCC3)c1. The third kappa shape index (κ3) is 2.71. The van der Waals surface area contributed by atoms with Crippen LogP contribution in [0, 0.1) is 4.91 Å². The molecule has 0 N–H and O–H groups in total. The quantitative estimate of drug-likeness (QED) is 0.713. The molecule has 0 saturated heterocycles. The van der Waals surface area contributed by atoms with Crippen LogP contribution in [-0.4, -0.2) is 4.57 Å². The van der Waals surface area contributed by atoms with E-state index in [2.05, 4.69) is 21.1 Å². The smallest absolute Gasteiger partial charge is 0.282 e. The van der Waals surface area contributed by atoms with Gasteiger partial charge in [0.05, 0.1) is 11.3 Å². The molecule has 0 bridgehead atoms. The first-order valence-electron chi connectivity index (χ1n) is 6.81. The molecule has 0 fully saturated rings. The van der Waals surface area contributed by atoms with E-state index >= 15 is 0 Å². The molecule has 1 aliphatic carbocycles. The number of rotatable bonds is 2. The molecule has 1 aromatic carbocycles. The lowest BCUT2D eigenvalue weighted by molar-refractivity contribution is -0.137. The molecule has 8 heteroatoms. The first-order chi connectivity index (χ1) is 10.8. The zero-order valence-corrected chi connectivity index (χ0v) is 13.2. The van der Waals surface area contributed by atoms with Gasteiger partial charge in [0.1, 0.15) is 5.69 Å². The number of benzene rings is 1. The van der Waals surface area contributed by atoms with Gasteiger partial charge in [-0.1, -0.05) is 0 Å². The second-order valence-corrected chi connectivity index (χ2v) is 6.11. The minimum atomic E-state index is -4.65. The third-order valence-corrected chi connectivity index (χ3v) is 4.56. The molecule has 0 unspecified atom stereocenters. The maximum atomic E-state index is 13.2. The van der Waals surface area contributed by atoms with Crippen LogP contribution in [0.5, 0.6) is 0 Å². The Morgan fingerprint density at radius 2 is 1.87 bits per heavy atom. The molecule has 0 atom stereocenters. The average molecular weight is 387 g/mol. The van der Waals surface area contributed by atoms with Crippen LogP contribution in [-0.2, 0) is 19.0 Å². The first-order valence-corrected chi connectivity index (χ1v) is 7.60. The van der Waals surface area contributed by atoms with Crippen LogP contribution in [0.25, 0.3) is 5.69 Å². The van der Waals surface area contributed by atoms with Gasteiger partial charge in [-0.05, 0) is 64.1 Å². The van der Waals surface area contributed by atoms with E-state index in [0.29, 0.717) is 22.9 Å². The van der Waals surface area contributed by atoms with Gasteiger partial charge in [0, 0.05) is 16.2 Å². The lowest BCUT2D eigenvalue weighted by Crippen LogP contribution is -2.24. The average Bonchev–Trinajstić information content (AvgIpc) is 2.99. The molecule has 1 aliphatic rings. The van der Waals surface area contributed by atoms with Gasteiger partial charge >= 0.3 is 6.18 Å². The van der Waals surface area contributed by atoms with Crippen molar-refractivity contribution in [2.45, 2.75) is 25.4 Å². The molecular weight excluding hydrogens is 377 g/mol. The van der Waals surface area contributed by atoms with Gasteiger partial charge in [0.2, 0.25) is 0 Å². The number of pyridine rings is 1. The number of alkyl halides is 3. The van der Waals surface area contributed by atoms with Gasteiger partial charge in [0.25, 0.3) is 5.56 Å². The Hall–Kier alpha value is -1.96. The van der Waals surface area contributed by atoms with Gasteiger partial charge in [0.15, 0.2) is 0 Å². The van der Waals surface area contributed by atoms with E-state index in [4.69, 9.17) is 0 Å². The predicted molar refractivity (Wildman–Crippen MR) is 82.2 cm³/mol. The van der Waals surface area contributed by atoms with Gasteiger partial charge in [-0.2, -0.15) is 13.2 Å². The van der Waals surface area contributed by atoms with Crippen molar-refractivity contribution in [2.75, 3.05) is 0 Å². The first kappa shape index (κ1) is 15.9. The predicted octanol–water partition coefficient (Wildman–Crippen LogP) is 4.51. The zero-order chi connectivity index (χ0) is 16.8. The number of halogens is 4. The number of hydrogen-bond donors (Lipinski definition) is 0. The highest BCUT2D eigenvalue weighted by Crippen LogP contribution is 2.36. The Morgan fingerprint density at radius 1 is 1.17 bits per heavy atom. The van der Waals surface area contributed by atoms with Crippen LogP contribution < -0.4 is 5.56 Å². The Balaban J connectivity index is 2.33. The standard InChI is InChI=1S/C15H10BrF3N2O2/c16-12-7-21(14(22)10-3-1-2-9(10)12)13-6-8(20-23)4-5-11(13)15(17,18)19/h4-7H,1-3H2. The van der Waals surface area contributed by atoms with Crippen molar-refractivity contribution in [3.8, 4) is 5.69 Å². The fourth-order valence-corrected chi connectivity index (χ4v) is 3.48. The van der Waals surface area contributed by atoms with Crippen molar-refractivity contribution in [1.82, 2.24) is 4.57 Å². The number of hydrogen-bond acceptors (Lipinski definition) is 3. The van der Waals surface area contributed by atoms with Crippen molar-refractivity contribution < 1.29 is 13.2 Å². The highest BCUT2D eigenvalue weighted by Gasteiger charge is 2.35. The fraction of sp³-hybridized carbons (Fsp3) is 0.267. The van der Waals surface area contributed by atoms with Gasteiger partial charge in [-0.25, -0.2) is 0 Å². The third-order valence-electron chi connectivity index (χ3n) is 3.88. The molecule has 0 amide bonds. The summed E-state index contributed by atoms with van der Waals surface area (Å²) in [6.45, 7) is 0. The van der Waals surface area contributed by atoms with Crippen LogP contribution in [0.4, 0.5) is 18.9 Å². The highest BCUT2D eigenvalue weighted by molar-refractivity contribution is 9.10. The van der Waals surface area contributed by atoms with Crippen LogP contribution in [0.2, 0.25) is 0 Å². The topological polar surface area (TPSA) is 51.4 Å². The van der Waals surface area contributed by atoms with Crippen LogP contribution in [0.15, 0.2) is 38.8 Å². The summed E-state index contributed by atoms with van der Waals surface area (Å²) in [6, 6.07) is 2.72. The Morgan fingerprint density at radius 3 is 2.52 bits per heavy atom. The van der Waals surface area contributed by atoms with Gasteiger partial charge in [-0.15, -0.1) is 4.91 Å². The van der Waals surface area contributed by atoms with E-state index in [-0.39, 0.29) is 5.69 Å². The van der Waals surface area contributed by atoms with Crippen LogP contribution >= 0.6 is 15.9 Å². The van der Waals surface area contributed by atoms with Crippen molar-refractivity contribution in [3.63, 3.8) is 0 Å². The van der Waals surface area contributed by atoms with Gasteiger partial charge in [-0.3, -0.25) is 9.36 Å². The molecule has 0 spiro atoms. The molecule has 3 rings (SSSR count).